The topological polar surface area (TPSA) is 90.8 Å². The number of guanidine groups is 1. The summed E-state index contributed by atoms with van der Waals surface area (Å²) in [6.45, 7) is 8.32. The number of aliphatic hydroxyl groups excluding tert-OH is 1. The highest BCUT2D eigenvalue weighted by Gasteiger charge is 2.25. The summed E-state index contributed by atoms with van der Waals surface area (Å²) in [5.74, 6) is 0.792. The average molecular weight is 525 g/mol. The number of sulfone groups is 1. The largest absolute Gasteiger partial charge is 0.396 e. The predicted molar refractivity (Wildman–Crippen MR) is 127 cm³/mol. The van der Waals surface area contributed by atoms with Gasteiger partial charge in [0.25, 0.3) is 0 Å². The van der Waals surface area contributed by atoms with Gasteiger partial charge in [0.05, 0.1) is 10.6 Å². The highest BCUT2D eigenvalue weighted by molar-refractivity contribution is 14.0. The molecule has 0 spiro atoms. The molecule has 28 heavy (non-hydrogen) atoms. The highest BCUT2D eigenvalue weighted by atomic mass is 127. The molecule has 0 aromatic heterocycles. The number of rotatable bonds is 12. The molecule has 8 heteroatoms. The van der Waals surface area contributed by atoms with E-state index in [9.17, 15) is 13.5 Å². The highest BCUT2D eigenvalue weighted by Crippen LogP contribution is 2.30. The summed E-state index contributed by atoms with van der Waals surface area (Å²) in [5.41, 5.74) is 0.00769. The second-order valence-corrected chi connectivity index (χ2v) is 8.90. The summed E-state index contributed by atoms with van der Waals surface area (Å²) < 4.78 is 24.6. The third kappa shape index (κ3) is 9.09. The number of hydrogen-bond acceptors (Lipinski definition) is 4. The minimum absolute atomic E-state index is 0. The van der Waals surface area contributed by atoms with Crippen LogP contribution in [-0.2, 0) is 9.84 Å². The van der Waals surface area contributed by atoms with Gasteiger partial charge in [0.15, 0.2) is 15.8 Å². The van der Waals surface area contributed by atoms with E-state index in [0.717, 1.165) is 25.8 Å². The summed E-state index contributed by atoms with van der Waals surface area (Å²) in [6.07, 6.45) is 3.16. The molecule has 0 atom stereocenters. The van der Waals surface area contributed by atoms with Crippen molar-refractivity contribution in [3.05, 3.63) is 30.3 Å². The van der Waals surface area contributed by atoms with Crippen LogP contribution in [0.25, 0.3) is 0 Å². The lowest BCUT2D eigenvalue weighted by Gasteiger charge is -2.29. The molecule has 0 aliphatic heterocycles. The lowest BCUT2D eigenvalue weighted by molar-refractivity contribution is 0.175. The molecule has 1 aromatic rings. The van der Waals surface area contributed by atoms with E-state index in [-0.39, 0.29) is 41.8 Å². The van der Waals surface area contributed by atoms with Gasteiger partial charge in [0.1, 0.15) is 0 Å². The first-order chi connectivity index (χ1) is 12.9. The third-order valence-electron chi connectivity index (χ3n) is 5.04. The van der Waals surface area contributed by atoms with E-state index in [1.807, 2.05) is 13.0 Å². The molecule has 0 fully saturated rings. The van der Waals surface area contributed by atoms with Gasteiger partial charge in [0, 0.05) is 26.2 Å². The van der Waals surface area contributed by atoms with E-state index in [1.54, 1.807) is 24.3 Å². The molecule has 6 nitrogen and oxygen atoms in total. The van der Waals surface area contributed by atoms with Crippen LogP contribution in [0.2, 0.25) is 0 Å². The second-order valence-electron chi connectivity index (χ2n) is 6.79. The van der Waals surface area contributed by atoms with Crippen molar-refractivity contribution in [1.82, 2.24) is 10.6 Å². The second kappa shape index (κ2) is 14.2. The van der Waals surface area contributed by atoms with Crippen LogP contribution in [-0.4, -0.2) is 51.5 Å². The molecule has 162 valence electrons. The van der Waals surface area contributed by atoms with Crippen molar-refractivity contribution in [3.8, 4) is 0 Å². The lowest BCUT2D eigenvalue weighted by atomic mass is 9.79. The van der Waals surface area contributed by atoms with Crippen molar-refractivity contribution < 1.29 is 13.5 Å². The zero-order valence-electron chi connectivity index (χ0n) is 17.3. The molecule has 0 aliphatic carbocycles. The molecule has 0 saturated carbocycles. The molecule has 1 rings (SSSR count). The van der Waals surface area contributed by atoms with Gasteiger partial charge >= 0.3 is 0 Å². The van der Waals surface area contributed by atoms with E-state index in [4.69, 9.17) is 0 Å². The number of benzene rings is 1. The lowest BCUT2D eigenvalue weighted by Crippen LogP contribution is -2.39. The molecule has 1 aromatic carbocycles. The van der Waals surface area contributed by atoms with Gasteiger partial charge < -0.3 is 15.7 Å². The average Bonchev–Trinajstić information content (AvgIpc) is 2.69. The van der Waals surface area contributed by atoms with E-state index in [1.165, 1.54) is 0 Å². The van der Waals surface area contributed by atoms with Crippen LogP contribution < -0.4 is 10.6 Å². The summed E-state index contributed by atoms with van der Waals surface area (Å²) in [6, 6.07) is 8.54. The van der Waals surface area contributed by atoms with Gasteiger partial charge in [-0.05, 0) is 50.2 Å². The van der Waals surface area contributed by atoms with Gasteiger partial charge in [-0.1, -0.05) is 32.0 Å². The Bertz CT molecular complexity index is 663. The van der Waals surface area contributed by atoms with Crippen LogP contribution in [0.4, 0.5) is 0 Å². The van der Waals surface area contributed by atoms with Crippen molar-refractivity contribution in [2.45, 2.75) is 51.3 Å². The van der Waals surface area contributed by atoms with Crippen molar-refractivity contribution >= 4 is 39.8 Å². The maximum Gasteiger partial charge on any atom is 0.191 e. The van der Waals surface area contributed by atoms with Crippen molar-refractivity contribution in [2.75, 3.05) is 32.0 Å². The number of nitrogens with zero attached hydrogens (tertiary/aromatic N) is 1. The van der Waals surface area contributed by atoms with Gasteiger partial charge in [-0.2, -0.15) is 0 Å². The Labute approximate surface area is 187 Å². The molecular weight excluding hydrogens is 489 g/mol. The monoisotopic (exact) mass is 525 g/mol. The molecule has 3 N–H and O–H groups in total. The Kier molecular flexibility index (Phi) is 13.7. The van der Waals surface area contributed by atoms with Crippen LogP contribution in [0.15, 0.2) is 40.2 Å². The van der Waals surface area contributed by atoms with E-state index in [0.29, 0.717) is 30.4 Å². The number of hydrogen-bond donors (Lipinski definition) is 3. The Morgan fingerprint density at radius 3 is 2.29 bits per heavy atom. The fourth-order valence-electron chi connectivity index (χ4n) is 2.95. The van der Waals surface area contributed by atoms with Gasteiger partial charge in [-0.3, -0.25) is 4.99 Å². The first-order valence-corrected chi connectivity index (χ1v) is 11.5. The molecule has 0 bridgehead atoms. The van der Waals surface area contributed by atoms with Gasteiger partial charge in [-0.25, -0.2) is 8.42 Å². The minimum Gasteiger partial charge on any atom is -0.396 e. The first-order valence-electron chi connectivity index (χ1n) is 9.84. The Hall–Kier alpha value is -0.870. The normalized spacial score (nSPS) is 12.4. The molecule has 0 aliphatic rings. The number of aliphatic hydroxyl groups is 1. The number of nitrogens with one attached hydrogen (secondary N) is 2. The molecule has 0 radical (unpaired) electrons. The SMILES string of the molecule is CCNC(=NCC(CC)(CC)CCO)NCCCS(=O)(=O)c1ccccc1.I. The van der Waals surface area contributed by atoms with Crippen LogP contribution in [0.3, 0.4) is 0 Å². The Morgan fingerprint density at radius 1 is 1.11 bits per heavy atom. The van der Waals surface area contributed by atoms with E-state index >= 15 is 0 Å². The van der Waals surface area contributed by atoms with Gasteiger partial charge in [-0.15, -0.1) is 24.0 Å². The summed E-state index contributed by atoms with van der Waals surface area (Å²) in [5, 5.41) is 15.8. The molecule has 0 saturated heterocycles. The maximum absolute atomic E-state index is 12.3. The fraction of sp³-hybridized carbons (Fsp3) is 0.650. The van der Waals surface area contributed by atoms with E-state index < -0.39 is 9.84 Å². The fourth-order valence-corrected chi connectivity index (χ4v) is 4.28. The maximum atomic E-state index is 12.3. The smallest absolute Gasteiger partial charge is 0.191 e. The minimum atomic E-state index is -3.25. The number of halogens is 1. The first kappa shape index (κ1) is 27.1. The van der Waals surface area contributed by atoms with Crippen molar-refractivity contribution in [2.24, 2.45) is 10.4 Å². The molecular formula is C20H36IN3O3S. The number of aliphatic imine (C=N–C) groups is 1. The molecule has 0 unspecified atom stereocenters. The zero-order chi connectivity index (χ0) is 20.2. The third-order valence-corrected chi connectivity index (χ3v) is 6.86. The summed E-state index contributed by atoms with van der Waals surface area (Å²) in [7, 11) is -3.25. The zero-order valence-corrected chi connectivity index (χ0v) is 20.4. The standard InChI is InChI=1S/C20H35N3O3S.HI/c1-4-20(5-2,13-15-24)17-23-19(21-6-3)22-14-10-16-27(25,26)18-11-8-7-9-12-18;/h7-9,11-12,24H,4-6,10,13-17H2,1-3H3,(H2,21,22,23);1H. The molecule has 0 heterocycles. The predicted octanol–water partition coefficient (Wildman–Crippen LogP) is 3.21. The van der Waals surface area contributed by atoms with Crippen LogP contribution in [0.1, 0.15) is 46.5 Å². The van der Waals surface area contributed by atoms with Crippen LogP contribution in [0, 0.1) is 5.41 Å². The summed E-state index contributed by atoms with van der Waals surface area (Å²) in [4.78, 5) is 5.04. The van der Waals surface area contributed by atoms with Crippen molar-refractivity contribution in [3.63, 3.8) is 0 Å². The van der Waals surface area contributed by atoms with Gasteiger partial charge in [0.2, 0.25) is 0 Å². The Morgan fingerprint density at radius 2 is 1.75 bits per heavy atom. The van der Waals surface area contributed by atoms with Crippen molar-refractivity contribution in [1.29, 1.82) is 0 Å². The molecule has 0 amide bonds. The Balaban J connectivity index is 0.00000729. The van der Waals surface area contributed by atoms with Crippen LogP contribution >= 0.6 is 24.0 Å². The summed E-state index contributed by atoms with van der Waals surface area (Å²) >= 11 is 0. The van der Waals surface area contributed by atoms with E-state index in [2.05, 4.69) is 29.5 Å². The van der Waals surface area contributed by atoms with Crippen LogP contribution in [0.5, 0.6) is 0 Å². The quantitative estimate of drug-likeness (QED) is 0.169.